The van der Waals surface area contributed by atoms with Crippen LogP contribution in [0, 0.1) is 0 Å². The van der Waals surface area contributed by atoms with Gasteiger partial charge in [-0.3, -0.25) is 0 Å². The van der Waals surface area contributed by atoms with Crippen LogP contribution in [0.5, 0.6) is 17.2 Å². The van der Waals surface area contributed by atoms with E-state index in [2.05, 4.69) is 20.4 Å². The molecule has 0 fully saturated rings. The van der Waals surface area contributed by atoms with Crippen LogP contribution in [-0.4, -0.2) is 36.5 Å². The van der Waals surface area contributed by atoms with Crippen molar-refractivity contribution in [2.75, 3.05) is 26.6 Å². The molecule has 8 nitrogen and oxygen atoms in total. The van der Waals surface area contributed by atoms with Gasteiger partial charge in [-0.25, -0.2) is 9.97 Å². The molecule has 1 N–H and O–H groups in total. The number of nitrogens with one attached hydrogen (secondary N) is 1. The summed E-state index contributed by atoms with van der Waals surface area (Å²) in [6, 6.07) is 13.2. The lowest BCUT2D eigenvalue weighted by Gasteiger charge is -2.11. The van der Waals surface area contributed by atoms with Gasteiger partial charge >= 0.3 is 0 Å². The summed E-state index contributed by atoms with van der Waals surface area (Å²) in [6.07, 6.45) is 1.50. The monoisotopic (exact) mass is 392 g/mol. The minimum absolute atomic E-state index is 0.420. The fraction of sp³-hybridized carbons (Fsp3) is 0.190. The Bertz CT molecular complexity index is 1130. The third-order valence-electron chi connectivity index (χ3n) is 4.52. The number of ether oxygens (including phenoxy) is 3. The Morgan fingerprint density at radius 2 is 1.66 bits per heavy atom. The SMILES string of the molecule is COc1ccc(-c2cc(CNc3ncnc4cc(OC)c(OC)cc34)on2)cc1. The molecule has 4 aromatic rings. The molecule has 0 aliphatic heterocycles. The lowest BCUT2D eigenvalue weighted by Crippen LogP contribution is -2.02. The third-order valence-corrected chi connectivity index (χ3v) is 4.52. The number of nitrogens with zero attached hydrogens (tertiary/aromatic N) is 3. The largest absolute Gasteiger partial charge is 0.497 e. The molecule has 148 valence electrons. The average Bonchev–Trinajstić information content (AvgIpc) is 3.25. The second-order valence-electron chi connectivity index (χ2n) is 6.21. The molecule has 2 heterocycles. The van der Waals surface area contributed by atoms with Gasteiger partial charge in [-0.15, -0.1) is 0 Å². The molecule has 0 aliphatic rings. The average molecular weight is 392 g/mol. The number of benzene rings is 2. The molecule has 0 bridgehead atoms. The van der Waals surface area contributed by atoms with Crippen LogP contribution in [0.25, 0.3) is 22.2 Å². The Hall–Kier alpha value is -3.81. The van der Waals surface area contributed by atoms with E-state index in [0.717, 1.165) is 27.9 Å². The van der Waals surface area contributed by atoms with Crippen molar-refractivity contribution in [3.63, 3.8) is 0 Å². The molecule has 8 heteroatoms. The van der Waals surface area contributed by atoms with E-state index in [1.165, 1.54) is 6.33 Å². The van der Waals surface area contributed by atoms with E-state index in [1.807, 2.05) is 42.5 Å². The Morgan fingerprint density at radius 3 is 2.38 bits per heavy atom. The molecule has 0 saturated heterocycles. The lowest BCUT2D eigenvalue weighted by atomic mass is 10.1. The maximum Gasteiger partial charge on any atom is 0.162 e. The number of hydrogen-bond acceptors (Lipinski definition) is 8. The summed E-state index contributed by atoms with van der Waals surface area (Å²) in [5.74, 6) is 3.37. The zero-order valence-corrected chi connectivity index (χ0v) is 16.3. The first kappa shape index (κ1) is 18.5. The van der Waals surface area contributed by atoms with E-state index in [-0.39, 0.29) is 0 Å². The van der Waals surface area contributed by atoms with Crippen molar-refractivity contribution in [3.8, 4) is 28.5 Å². The first-order valence-electron chi connectivity index (χ1n) is 8.92. The van der Waals surface area contributed by atoms with E-state index < -0.39 is 0 Å². The number of hydrogen-bond donors (Lipinski definition) is 1. The normalized spacial score (nSPS) is 10.7. The number of fused-ring (bicyclic) bond motifs is 1. The summed E-state index contributed by atoms with van der Waals surface area (Å²) in [5.41, 5.74) is 2.45. The van der Waals surface area contributed by atoms with Gasteiger partial charge < -0.3 is 24.1 Å². The highest BCUT2D eigenvalue weighted by molar-refractivity contribution is 5.91. The van der Waals surface area contributed by atoms with Crippen molar-refractivity contribution in [3.05, 3.63) is 54.6 Å². The highest BCUT2D eigenvalue weighted by Crippen LogP contribution is 2.33. The molecule has 29 heavy (non-hydrogen) atoms. The number of aromatic nitrogens is 3. The van der Waals surface area contributed by atoms with Crippen molar-refractivity contribution in [1.82, 2.24) is 15.1 Å². The molecule has 0 atom stereocenters. The first-order valence-corrected chi connectivity index (χ1v) is 8.92. The molecular weight excluding hydrogens is 372 g/mol. The van der Waals surface area contributed by atoms with Gasteiger partial charge in [0.2, 0.25) is 0 Å². The van der Waals surface area contributed by atoms with Crippen LogP contribution in [0.3, 0.4) is 0 Å². The summed E-state index contributed by atoms with van der Waals surface area (Å²) in [6.45, 7) is 0.420. The molecule has 4 rings (SSSR count). The van der Waals surface area contributed by atoms with E-state index in [0.29, 0.717) is 29.6 Å². The van der Waals surface area contributed by atoms with Gasteiger partial charge in [0.15, 0.2) is 17.3 Å². The zero-order chi connectivity index (χ0) is 20.2. The van der Waals surface area contributed by atoms with Gasteiger partial charge in [0.1, 0.15) is 23.6 Å². The molecule has 0 spiro atoms. The van der Waals surface area contributed by atoms with Crippen molar-refractivity contribution in [2.24, 2.45) is 0 Å². The quantitative estimate of drug-likeness (QED) is 0.506. The summed E-state index contributed by atoms with van der Waals surface area (Å²) in [4.78, 5) is 8.65. The Labute approximate surface area is 167 Å². The fourth-order valence-corrected chi connectivity index (χ4v) is 2.99. The second-order valence-corrected chi connectivity index (χ2v) is 6.21. The van der Waals surface area contributed by atoms with E-state index in [1.54, 1.807) is 21.3 Å². The van der Waals surface area contributed by atoms with Gasteiger partial charge in [0.25, 0.3) is 0 Å². The van der Waals surface area contributed by atoms with Gasteiger partial charge in [0.05, 0.1) is 33.4 Å². The van der Waals surface area contributed by atoms with Crippen molar-refractivity contribution >= 4 is 16.7 Å². The van der Waals surface area contributed by atoms with E-state index in [9.17, 15) is 0 Å². The van der Waals surface area contributed by atoms with Crippen LogP contribution < -0.4 is 19.5 Å². The summed E-state index contributed by atoms with van der Waals surface area (Å²) >= 11 is 0. The molecular formula is C21H20N4O4. The second kappa shape index (κ2) is 8.05. The molecule has 0 unspecified atom stereocenters. The molecule has 2 aromatic heterocycles. The maximum absolute atomic E-state index is 5.46. The predicted octanol–water partition coefficient (Wildman–Crippen LogP) is 3.92. The minimum atomic E-state index is 0.420. The molecule has 0 radical (unpaired) electrons. The fourth-order valence-electron chi connectivity index (χ4n) is 2.99. The number of methoxy groups -OCH3 is 3. The van der Waals surface area contributed by atoms with Crippen molar-refractivity contribution in [2.45, 2.75) is 6.54 Å². The van der Waals surface area contributed by atoms with Crippen LogP contribution in [0.2, 0.25) is 0 Å². The smallest absolute Gasteiger partial charge is 0.162 e. The van der Waals surface area contributed by atoms with Crippen LogP contribution in [0.15, 0.2) is 53.3 Å². The Morgan fingerprint density at radius 1 is 0.897 bits per heavy atom. The topological polar surface area (TPSA) is 91.5 Å². The third kappa shape index (κ3) is 3.77. The highest BCUT2D eigenvalue weighted by Gasteiger charge is 2.12. The van der Waals surface area contributed by atoms with Gasteiger partial charge in [-0.1, -0.05) is 5.16 Å². The molecule has 0 aliphatic carbocycles. The number of anilines is 1. The summed E-state index contributed by atoms with van der Waals surface area (Å²) < 4.78 is 21.4. The molecule has 0 amide bonds. The first-order chi connectivity index (χ1) is 14.2. The van der Waals surface area contributed by atoms with Crippen LogP contribution >= 0.6 is 0 Å². The van der Waals surface area contributed by atoms with Crippen LogP contribution in [-0.2, 0) is 6.54 Å². The van der Waals surface area contributed by atoms with Gasteiger partial charge in [-0.2, -0.15) is 0 Å². The summed E-state index contributed by atoms with van der Waals surface area (Å²) in [7, 11) is 4.82. The van der Waals surface area contributed by atoms with E-state index in [4.69, 9.17) is 18.7 Å². The number of rotatable bonds is 7. The molecule has 2 aromatic carbocycles. The zero-order valence-electron chi connectivity index (χ0n) is 16.3. The summed E-state index contributed by atoms with van der Waals surface area (Å²) in [5, 5.41) is 8.24. The van der Waals surface area contributed by atoms with Crippen LogP contribution in [0.4, 0.5) is 5.82 Å². The van der Waals surface area contributed by atoms with Crippen molar-refractivity contribution in [1.29, 1.82) is 0 Å². The maximum atomic E-state index is 5.46. The minimum Gasteiger partial charge on any atom is -0.497 e. The Kier molecular flexibility index (Phi) is 5.15. The van der Waals surface area contributed by atoms with Crippen molar-refractivity contribution < 1.29 is 18.7 Å². The van der Waals surface area contributed by atoms with Crippen LogP contribution in [0.1, 0.15) is 5.76 Å². The molecule has 0 saturated carbocycles. The highest BCUT2D eigenvalue weighted by atomic mass is 16.5. The lowest BCUT2D eigenvalue weighted by molar-refractivity contribution is 0.356. The standard InChI is InChI=1S/C21H20N4O4/c1-26-14-6-4-13(5-7-14)17-8-15(29-25-17)11-22-21-16-9-19(27-2)20(28-3)10-18(16)23-12-24-21/h4-10,12H,11H2,1-3H3,(H,22,23,24). The Balaban J connectivity index is 1.54. The van der Waals surface area contributed by atoms with E-state index >= 15 is 0 Å². The van der Waals surface area contributed by atoms with Gasteiger partial charge in [0, 0.05) is 23.1 Å². The predicted molar refractivity (Wildman–Crippen MR) is 108 cm³/mol. The van der Waals surface area contributed by atoms with Gasteiger partial charge in [-0.05, 0) is 30.3 Å².